The number of carboxylic acid groups (broad SMARTS) is 1. The van der Waals surface area contributed by atoms with Crippen molar-refractivity contribution < 1.29 is 14.6 Å². The van der Waals surface area contributed by atoms with Crippen LogP contribution in [-0.2, 0) is 10.3 Å². The van der Waals surface area contributed by atoms with Gasteiger partial charge in [-0.15, -0.1) is 0 Å². The second kappa shape index (κ2) is 4.25. The first-order chi connectivity index (χ1) is 7.68. The van der Waals surface area contributed by atoms with Crippen LogP contribution in [-0.4, -0.2) is 27.7 Å². The Labute approximate surface area is 93.8 Å². The molecule has 2 N–H and O–H groups in total. The van der Waals surface area contributed by atoms with Gasteiger partial charge < -0.3 is 14.8 Å². The summed E-state index contributed by atoms with van der Waals surface area (Å²) < 4.78 is 5.78. The highest BCUT2D eigenvalue weighted by Gasteiger charge is 2.39. The fourth-order valence-corrected chi connectivity index (χ4v) is 2.33. The highest BCUT2D eigenvalue weighted by atomic mass is 16.5. The van der Waals surface area contributed by atoms with Crippen LogP contribution in [0.5, 0.6) is 0 Å². The van der Waals surface area contributed by atoms with Crippen LogP contribution in [0.4, 0.5) is 0 Å². The molecule has 0 aromatic carbocycles. The standard InChI is InChI=1S/C11H16N2O3/c1-2-16-11(5-3-4-6-11)10-12-7-8(13-10)9(14)15/h7H,2-6H2,1H3,(H,12,13)(H,14,15). The van der Waals surface area contributed by atoms with Gasteiger partial charge in [0.1, 0.15) is 17.1 Å². The van der Waals surface area contributed by atoms with Gasteiger partial charge in [0.15, 0.2) is 0 Å². The third-order valence-electron chi connectivity index (χ3n) is 3.07. The van der Waals surface area contributed by atoms with E-state index in [4.69, 9.17) is 9.84 Å². The van der Waals surface area contributed by atoms with Gasteiger partial charge in [-0.3, -0.25) is 0 Å². The molecule has 88 valence electrons. The van der Waals surface area contributed by atoms with Crippen molar-refractivity contribution in [3.8, 4) is 0 Å². The van der Waals surface area contributed by atoms with Crippen LogP contribution in [0.1, 0.15) is 48.9 Å². The van der Waals surface area contributed by atoms with E-state index in [0.717, 1.165) is 25.7 Å². The van der Waals surface area contributed by atoms with Crippen molar-refractivity contribution in [2.24, 2.45) is 0 Å². The van der Waals surface area contributed by atoms with E-state index >= 15 is 0 Å². The Morgan fingerprint density at radius 3 is 2.81 bits per heavy atom. The van der Waals surface area contributed by atoms with Gasteiger partial charge in [0.25, 0.3) is 0 Å². The molecule has 0 radical (unpaired) electrons. The zero-order valence-electron chi connectivity index (χ0n) is 9.32. The largest absolute Gasteiger partial charge is 0.477 e. The molecule has 5 heteroatoms. The zero-order valence-corrected chi connectivity index (χ0v) is 9.32. The number of hydrogen-bond acceptors (Lipinski definition) is 3. The van der Waals surface area contributed by atoms with Crippen LogP contribution in [0.3, 0.4) is 0 Å². The van der Waals surface area contributed by atoms with Crippen LogP contribution in [0.2, 0.25) is 0 Å². The van der Waals surface area contributed by atoms with Gasteiger partial charge in [-0.1, -0.05) is 0 Å². The molecule has 1 saturated carbocycles. The first-order valence-electron chi connectivity index (χ1n) is 5.61. The summed E-state index contributed by atoms with van der Waals surface area (Å²) in [6.45, 7) is 2.56. The maximum atomic E-state index is 10.8. The van der Waals surface area contributed by atoms with Gasteiger partial charge in [0, 0.05) is 6.61 Å². The Morgan fingerprint density at radius 1 is 1.62 bits per heavy atom. The fraction of sp³-hybridized carbons (Fsp3) is 0.636. The van der Waals surface area contributed by atoms with E-state index in [1.807, 2.05) is 6.92 Å². The van der Waals surface area contributed by atoms with Crippen molar-refractivity contribution in [1.29, 1.82) is 0 Å². The summed E-state index contributed by atoms with van der Waals surface area (Å²) in [7, 11) is 0. The average Bonchev–Trinajstić information content (AvgIpc) is 2.85. The Hall–Kier alpha value is -1.36. The average molecular weight is 224 g/mol. The lowest BCUT2D eigenvalue weighted by molar-refractivity contribution is -0.0451. The van der Waals surface area contributed by atoms with Gasteiger partial charge in [-0.2, -0.15) is 0 Å². The molecule has 16 heavy (non-hydrogen) atoms. The van der Waals surface area contributed by atoms with Crippen LogP contribution in [0.25, 0.3) is 0 Å². The van der Waals surface area contributed by atoms with E-state index in [-0.39, 0.29) is 11.3 Å². The van der Waals surface area contributed by atoms with Crippen molar-refractivity contribution in [2.45, 2.75) is 38.2 Å². The number of nitrogens with zero attached hydrogens (tertiary/aromatic N) is 1. The molecule has 0 saturated heterocycles. The van der Waals surface area contributed by atoms with Crippen LogP contribution >= 0.6 is 0 Å². The molecular weight excluding hydrogens is 208 g/mol. The molecule has 1 aromatic rings. The molecule has 0 amide bonds. The molecule has 1 heterocycles. The number of carboxylic acids is 1. The number of nitrogens with one attached hydrogen (secondary N) is 1. The van der Waals surface area contributed by atoms with Gasteiger partial charge in [-0.05, 0) is 32.6 Å². The van der Waals surface area contributed by atoms with Crippen molar-refractivity contribution in [1.82, 2.24) is 9.97 Å². The minimum atomic E-state index is -0.983. The lowest BCUT2D eigenvalue weighted by atomic mass is 10.0. The Balaban J connectivity index is 2.28. The van der Waals surface area contributed by atoms with Crippen molar-refractivity contribution in [3.05, 3.63) is 17.7 Å². The number of ether oxygens (including phenoxy) is 1. The van der Waals surface area contributed by atoms with Gasteiger partial charge in [-0.25, -0.2) is 9.78 Å². The SMILES string of the molecule is CCOC1(c2ncc(C(=O)O)[nH]2)CCCC1. The minimum Gasteiger partial charge on any atom is -0.477 e. The number of carbonyl (C=O) groups is 1. The Kier molecular flexibility index (Phi) is 2.96. The van der Waals surface area contributed by atoms with Crippen LogP contribution in [0.15, 0.2) is 6.20 Å². The second-order valence-electron chi connectivity index (χ2n) is 4.09. The van der Waals surface area contributed by atoms with E-state index in [0.29, 0.717) is 12.4 Å². The predicted molar refractivity (Wildman–Crippen MR) is 57.3 cm³/mol. The molecule has 1 aromatic heterocycles. The summed E-state index contributed by atoms with van der Waals surface area (Å²) in [5.41, 5.74) is -0.261. The summed E-state index contributed by atoms with van der Waals surface area (Å²) in [6, 6.07) is 0. The Morgan fingerprint density at radius 2 is 2.31 bits per heavy atom. The zero-order chi connectivity index (χ0) is 11.6. The van der Waals surface area contributed by atoms with Crippen molar-refractivity contribution in [3.63, 3.8) is 0 Å². The Bertz CT molecular complexity index is 380. The van der Waals surface area contributed by atoms with E-state index in [9.17, 15) is 4.79 Å². The molecule has 2 rings (SSSR count). The molecular formula is C11H16N2O3. The quantitative estimate of drug-likeness (QED) is 0.819. The van der Waals surface area contributed by atoms with Crippen molar-refractivity contribution in [2.75, 3.05) is 6.61 Å². The number of imidazole rings is 1. The molecule has 0 bridgehead atoms. The summed E-state index contributed by atoms with van der Waals surface area (Å²) in [5.74, 6) is -0.326. The number of hydrogen-bond donors (Lipinski definition) is 2. The van der Waals surface area contributed by atoms with Gasteiger partial charge >= 0.3 is 5.97 Å². The number of rotatable bonds is 4. The molecule has 1 aliphatic carbocycles. The normalized spacial score (nSPS) is 18.8. The smallest absolute Gasteiger partial charge is 0.353 e. The van der Waals surface area contributed by atoms with Crippen molar-refractivity contribution >= 4 is 5.97 Å². The summed E-state index contributed by atoms with van der Waals surface area (Å²) in [6.07, 6.45) is 5.38. The van der Waals surface area contributed by atoms with E-state index in [1.54, 1.807) is 0 Å². The molecule has 5 nitrogen and oxygen atoms in total. The minimum absolute atomic E-state index is 0.126. The number of aromatic carboxylic acids is 1. The number of H-pyrrole nitrogens is 1. The van der Waals surface area contributed by atoms with E-state index in [2.05, 4.69) is 9.97 Å². The molecule has 0 atom stereocenters. The van der Waals surface area contributed by atoms with Gasteiger partial charge in [0.05, 0.1) is 6.20 Å². The van der Waals surface area contributed by atoms with E-state index < -0.39 is 5.97 Å². The summed E-state index contributed by atoms with van der Waals surface area (Å²) in [5, 5.41) is 8.84. The number of aromatic nitrogens is 2. The third kappa shape index (κ3) is 1.82. The summed E-state index contributed by atoms with van der Waals surface area (Å²) in [4.78, 5) is 17.8. The highest BCUT2D eigenvalue weighted by molar-refractivity contribution is 5.85. The predicted octanol–water partition coefficient (Wildman–Crippen LogP) is 1.91. The molecule has 1 fully saturated rings. The molecule has 0 unspecified atom stereocenters. The topological polar surface area (TPSA) is 75.2 Å². The third-order valence-corrected chi connectivity index (χ3v) is 3.07. The van der Waals surface area contributed by atoms with Crippen LogP contribution < -0.4 is 0 Å². The van der Waals surface area contributed by atoms with Gasteiger partial charge in [0.2, 0.25) is 0 Å². The highest BCUT2D eigenvalue weighted by Crippen LogP contribution is 2.40. The maximum Gasteiger partial charge on any atom is 0.353 e. The fourth-order valence-electron chi connectivity index (χ4n) is 2.33. The molecule has 0 spiro atoms. The summed E-state index contributed by atoms with van der Waals surface area (Å²) >= 11 is 0. The number of aromatic amines is 1. The maximum absolute atomic E-state index is 10.8. The monoisotopic (exact) mass is 224 g/mol. The first-order valence-corrected chi connectivity index (χ1v) is 5.61. The lowest BCUT2D eigenvalue weighted by Gasteiger charge is -2.26. The van der Waals surface area contributed by atoms with Crippen LogP contribution in [0, 0.1) is 0 Å². The van der Waals surface area contributed by atoms with E-state index in [1.165, 1.54) is 6.20 Å². The lowest BCUT2D eigenvalue weighted by Crippen LogP contribution is -2.27. The first kappa shape index (κ1) is 11.1. The molecule has 1 aliphatic rings. The molecule has 0 aliphatic heterocycles. The second-order valence-corrected chi connectivity index (χ2v) is 4.09.